The van der Waals surface area contributed by atoms with Crippen LogP contribution in [0, 0.1) is 5.92 Å². The monoisotopic (exact) mass is 368 g/mol. The van der Waals surface area contributed by atoms with Crippen LogP contribution >= 0.6 is 0 Å². The Morgan fingerprint density at radius 1 is 1.22 bits per heavy atom. The predicted octanol–water partition coefficient (Wildman–Crippen LogP) is 1.37. The molecule has 2 aliphatic rings. The molecule has 0 saturated carbocycles. The first-order chi connectivity index (χ1) is 13.2. The second-order valence-electron chi connectivity index (χ2n) is 6.59. The number of fused-ring (bicyclic) bond motifs is 1. The van der Waals surface area contributed by atoms with Crippen molar-refractivity contribution >= 4 is 11.8 Å². The quantitative estimate of drug-likeness (QED) is 0.876. The number of hydrogen-bond acceptors (Lipinski definition) is 6. The first kappa shape index (κ1) is 17.3. The number of likely N-dealkylation sites (tertiary alicyclic amines) is 1. The zero-order valence-corrected chi connectivity index (χ0v) is 14.8. The lowest BCUT2D eigenvalue weighted by molar-refractivity contribution is -0.126. The molecule has 0 spiro atoms. The number of rotatable bonds is 4. The molecule has 1 saturated heterocycles. The van der Waals surface area contributed by atoms with E-state index in [2.05, 4.69) is 15.3 Å². The van der Waals surface area contributed by atoms with E-state index in [1.165, 1.54) is 18.6 Å². The Morgan fingerprint density at radius 2 is 2.11 bits per heavy atom. The lowest BCUT2D eigenvalue weighted by Crippen LogP contribution is -2.45. The molecule has 0 bridgehead atoms. The Hall–Kier alpha value is -3.16. The largest absolute Gasteiger partial charge is 0.454 e. The smallest absolute Gasteiger partial charge is 0.274 e. The standard InChI is InChI=1S/C19H20N4O4/c24-18(22-9-13-3-4-16-17(8-13)27-12-26-16)14-2-1-7-23(11-14)19(25)15-10-20-5-6-21-15/h3-6,8,10,14H,1-2,7,9,11-12H2,(H,22,24)/t14-/m0/s1. The number of piperidine rings is 1. The molecular formula is C19H20N4O4. The summed E-state index contributed by atoms with van der Waals surface area (Å²) in [6.07, 6.45) is 6.02. The fraction of sp³-hybridized carbons (Fsp3) is 0.368. The van der Waals surface area contributed by atoms with Gasteiger partial charge in [0.1, 0.15) is 5.69 Å². The first-order valence-electron chi connectivity index (χ1n) is 8.92. The second-order valence-corrected chi connectivity index (χ2v) is 6.59. The van der Waals surface area contributed by atoms with Gasteiger partial charge in [-0.25, -0.2) is 4.98 Å². The van der Waals surface area contributed by atoms with E-state index in [-0.39, 0.29) is 24.5 Å². The van der Waals surface area contributed by atoms with Crippen LogP contribution in [0.2, 0.25) is 0 Å². The zero-order chi connectivity index (χ0) is 18.6. The van der Waals surface area contributed by atoms with Gasteiger partial charge in [-0.2, -0.15) is 0 Å². The number of aromatic nitrogens is 2. The van der Waals surface area contributed by atoms with E-state index in [1.54, 1.807) is 4.90 Å². The zero-order valence-electron chi connectivity index (χ0n) is 14.8. The fourth-order valence-electron chi connectivity index (χ4n) is 3.33. The minimum absolute atomic E-state index is 0.0516. The lowest BCUT2D eigenvalue weighted by atomic mass is 9.96. The van der Waals surface area contributed by atoms with E-state index in [0.29, 0.717) is 31.1 Å². The average molecular weight is 368 g/mol. The molecule has 1 atom stereocenters. The Bertz CT molecular complexity index is 843. The molecule has 140 valence electrons. The summed E-state index contributed by atoms with van der Waals surface area (Å²) in [6.45, 7) is 1.65. The minimum atomic E-state index is -0.228. The van der Waals surface area contributed by atoms with Crippen molar-refractivity contribution < 1.29 is 19.1 Å². The van der Waals surface area contributed by atoms with Crippen LogP contribution < -0.4 is 14.8 Å². The molecular weight excluding hydrogens is 348 g/mol. The fourth-order valence-corrected chi connectivity index (χ4v) is 3.33. The summed E-state index contributed by atoms with van der Waals surface area (Å²) in [6, 6.07) is 5.61. The maximum atomic E-state index is 12.6. The van der Waals surface area contributed by atoms with E-state index < -0.39 is 0 Å². The molecule has 0 aliphatic carbocycles. The summed E-state index contributed by atoms with van der Waals surface area (Å²) in [4.78, 5) is 34.8. The Labute approximate surface area is 156 Å². The maximum Gasteiger partial charge on any atom is 0.274 e. The van der Waals surface area contributed by atoms with Crippen LogP contribution in [0.15, 0.2) is 36.8 Å². The van der Waals surface area contributed by atoms with Crippen LogP contribution in [0.1, 0.15) is 28.9 Å². The third kappa shape index (κ3) is 3.84. The van der Waals surface area contributed by atoms with Crippen LogP contribution in [-0.4, -0.2) is 46.6 Å². The molecule has 8 heteroatoms. The molecule has 27 heavy (non-hydrogen) atoms. The lowest BCUT2D eigenvalue weighted by Gasteiger charge is -2.31. The van der Waals surface area contributed by atoms with Crippen molar-refractivity contribution in [2.45, 2.75) is 19.4 Å². The predicted molar refractivity (Wildman–Crippen MR) is 95.1 cm³/mol. The molecule has 1 fully saturated rings. The highest BCUT2D eigenvalue weighted by Gasteiger charge is 2.29. The van der Waals surface area contributed by atoms with Gasteiger partial charge in [-0.1, -0.05) is 6.07 Å². The summed E-state index contributed by atoms with van der Waals surface area (Å²) >= 11 is 0. The van der Waals surface area contributed by atoms with Gasteiger partial charge >= 0.3 is 0 Å². The van der Waals surface area contributed by atoms with E-state index in [4.69, 9.17) is 9.47 Å². The minimum Gasteiger partial charge on any atom is -0.454 e. The van der Waals surface area contributed by atoms with E-state index in [1.807, 2.05) is 18.2 Å². The van der Waals surface area contributed by atoms with Crippen molar-refractivity contribution in [1.29, 1.82) is 0 Å². The van der Waals surface area contributed by atoms with Gasteiger partial charge in [0.2, 0.25) is 12.7 Å². The molecule has 4 rings (SSSR count). The van der Waals surface area contributed by atoms with Gasteiger partial charge in [0.15, 0.2) is 11.5 Å². The van der Waals surface area contributed by atoms with Gasteiger partial charge in [-0.15, -0.1) is 0 Å². The molecule has 1 aromatic carbocycles. The van der Waals surface area contributed by atoms with Crippen molar-refractivity contribution in [3.63, 3.8) is 0 Å². The Morgan fingerprint density at radius 3 is 2.96 bits per heavy atom. The van der Waals surface area contributed by atoms with Crippen LogP contribution in [0.25, 0.3) is 0 Å². The van der Waals surface area contributed by atoms with E-state index >= 15 is 0 Å². The van der Waals surface area contributed by atoms with E-state index in [9.17, 15) is 9.59 Å². The summed E-state index contributed by atoms with van der Waals surface area (Å²) in [5, 5.41) is 2.96. The second kappa shape index (κ2) is 7.61. The third-order valence-electron chi connectivity index (χ3n) is 4.77. The molecule has 1 aromatic heterocycles. The summed E-state index contributed by atoms with van der Waals surface area (Å²) in [7, 11) is 0. The van der Waals surface area contributed by atoms with E-state index in [0.717, 1.165) is 24.2 Å². The molecule has 2 amide bonds. The van der Waals surface area contributed by atoms with Crippen molar-refractivity contribution in [2.24, 2.45) is 5.92 Å². The van der Waals surface area contributed by atoms with Crippen molar-refractivity contribution in [3.8, 4) is 11.5 Å². The molecule has 3 heterocycles. The summed E-state index contributed by atoms with van der Waals surface area (Å²) < 4.78 is 10.6. The number of hydrogen-bond donors (Lipinski definition) is 1. The summed E-state index contributed by atoms with van der Waals surface area (Å²) in [5.74, 6) is 0.949. The molecule has 0 radical (unpaired) electrons. The van der Waals surface area contributed by atoms with Crippen molar-refractivity contribution in [2.75, 3.05) is 19.9 Å². The van der Waals surface area contributed by atoms with Gasteiger partial charge < -0.3 is 19.7 Å². The Kier molecular flexibility index (Phi) is 4.86. The SMILES string of the molecule is O=C(NCc1ccc2c(c1)OCO2)[C@H]1CCCN(C(=O)c2cnccn2)C1. The van der Waals surface area contributed by atoms with Gasteiger partial charge in [0, 0.05) is 32.0 Å². The number of carbonyl (C=O) groups excluding carboxylic acids is 2. The highest BCUT2D eigenvalue weighted by molar-refractivity contribution is 5.92. The van der Waals surface area contributed by atoms with Crippen LogP contribution in [0.5, 0.6) is 11.5 Å². The van der Waals surface area contributed by atoms with Gasteiger partial charge in [0.25, 0.3) is 5.91 Å². The van der Waals surface area contributed by atoms with Crippen molar-refractivity contribution in [1.82, 2.24) is 20.2 Å². The van der Waals surface area contributed by atoms with Crippen LogP contribution in [0.3, 0.4) is 0 Å². The van der Waals surface area contributed by atoms with Gasteiger partial charge in [0.05, 0.1) is 12.1 Å². The average Bonchev–Trinajstić information content (AvgIpc) is 3.20. The topological polar surface area (TPSA) is 93.7 Å². The third-order valence-corrected chi connectivity index (χ3v) is 4.77. The van der Waals surface area contributed by atoms with Gasteiger partial charge in [-0.3, -0.25) is 14.6 Å². The number of nitrogens with zero attached hydrogens (tertiary/aromatic N) is 3. The number of ether oxygens (including phenoxy) is 2. The normalized spacial score (nSPS) is 18.2. The number of carbonyl (C=O) groups is 2. The van der Waals surface area contributed by atoms with Crippen LogP contribution in [-0.2, 0) is 11.3 Å². The highest BCUT2D eigenvalue weighted by atomic mass is 16.7. The van der Waals surface area contributed by atoms with Gasteiger partial charge in [-0.05, 0) is 30.5 Å². The first-order valence-corrected chi connectivity index (χ1v) is 8.92. The Balaban J connectivity index is 1.34. The highest BCUT2D eigenvalue weighted by Crippen LogP contribution is 2.32. The number of benzene rings is 1. The molecule has 8 nitrogen and oxygen atoms in total. The molecule has 2 aliphatic heterocycles. The van der Waals surface area contributed by atoms with Crippen LogP contribution in [0.4, 0.5) is 0 Å². The number of nitrogens with one attached hydrogen (secondary N) is 1. The van der Waals surface area contributed by atoms with Crippen molar-refractivity contribution in [3.05, 3.63) is 48.0 Å². The molecule has 0 unspecified atom stereocenters. The molecule has 2 aromatic rings. The number of amides is 2. The molecule has 1 N–H and O–H groups in total. The maximum absolute atomic E-state index is 12.6. The summed E-state index contributed by atoms with van der Waals surface area (Å²) in [5.41, 5.74) is 1.25.